The maximum absolute atomic E-state index is 5.12. The molecule has 2 heteroatoms. The van der Waals surface area contributed by atoms with Crippen molar-refractivity contribution in [2.45, 2.75) is 0 Å². The summed E-state index contributed by atoms with van der Waals surface area (Å²) in [5, 5.41) is 9.94. The quantitative estimate of drug-likeness (QED) is 0.179. The predicted molar refractivity (Wildman–Crippen MR) is 207 cm³/mol. The Morgan fingerprint density at radius 1 is 0.347 bits per heavy atom. The highest BCUT2D eigenvalue weighted by molar-refractivity contribution is 6.21. The summed E-state index contributed by atoms with van der Waals surface area (Å²) in [6.45, 7) is 0. The van der Waals surface area contributed by atoms with Crippen LogP contribution in [0.4, 0.5) is 0 Å². The first-order valence-electron chi connectivity index (χ1n) is 16.8. The largest absolute Gasteiger partial charge is 0.309 e. The van der Waals surface area contributed by atoms with Crippen molar-refractivity contribution in [3.63, 3.8) is 0 Å². The molecular weight excluding hydrogens is 593 g/mol. The number of aromatic nitrogens is 2. The van der Waals surface area contributed by atoms with E-state index in [2.05, 4.69) is 187 Å². The van der Waals surface area contributed by atoms with E-state index in [0.29, 0.717) is 0 Å². The fourth-order valence-electron chi connectivity index (χ4n) is 7.79. The highest BCUT2D eigenvalue weighted by Gasteiger charge is 2.18. The molecule has 0 N–H and O–H groups in total. The van der Waals surface area contributed by atoms with Crippen LogP contribution in [0.1, 0.15) is 0 Å². The molecule has 0 unspecified atom stereocenters. The van der Waals surface area contributed by atoms with Gasteiger partial charge in [-0.2, -0.15) is 0 Å². The minimum Gasteiger partial charge on any atom is -0.309 e. The van der Waals surface area contributed by atoms with Gasteiger partial charge in [-0.3, -0.25) is 4.98 Å². The number of para-hydroxylation sites is 1. The van der Waals surface area contributed by atoms with Crippen LogP contribution in [0.15, 0.2) is 182 Å². The number of benzene rings is 8. The van der Waals surface area contributed by atoms with Crippen LogP contribution < -0.4 is 0 Å². The van der Waals surface area contributed by atoms with Gasteiger partial charge < -0.3 is 4.57 Å². The molecule has 2 nitrogen and oxygen atoms in total. The van der Waals surface area contributed by atoms with E-state index < -0.39 is 0 Å². The SMILES string of the molecule is c1ccc(-c2c3ccccc3c(-c3ccc(-c4ccc5c6cc7ccccc7cc6n(-c6ccccc6)c5c4)nc3)c3ccccc23)cc1. The van der Waals surface area contributed by atoms with Crippen molar-refractivity contribution in [2.75, 3.05) is 0 Å². The molecule has 0 amide bonds. The number of rotatable bonds is 4. The second kappa shape index (κ2) is 11.0. The Hall–Kier alpha value is -6.51. The average molecular weight is 623 g/mol. The third-order valence-corrected chi connectivity index (χ3v) is 9.99. The summed E-state index contributed by atoms with van der Waals surface area (Å²) in [4.78, 5) is 5.12. The Kier molecular flexibility index (Phi) is 6.22. The van der Waals surface area contributed by atoms with Gasteiger partial charge in [0.15, 0.2) is 0 Å². The number of fused-ring (bicyclic) bond motifs is 6. The average Bonchev–Trinajstić information content (AvgIpc) is 3.49. The molecule has 49 heavy (non-hydrogen) atoms. The van der Waals surface area contributed by atoms with E-state index in [0.717, 1.165) is 22.5 Å². The molecule has 228 valence electrons. The number of pyridine rings is 1. The van der Waals surface area contributed by atoms with Crippen LogP contribution in [-0.2, 0) is 0 Å². The second-order valence-corrected chi connectivity index (χ2v) is 12.8. The normalized spacial score (nSPS) is 11.7. The number of hydrogen-bond acceptors (Lipinski definition) is 1. The van der Waals surface area contributed by atoms with Crippen molar-refractivity contribution >= 4 is 54.1 Å². The molecule has 0 spiro atoms. The van der Waals surface area contributed by atoms with Gasteiger partial charge in [0.2, 0.25) is 0 Å². The first-order chi connectivity index (χ1) is 24.3. The summed E-state index contributed by atoms with van der Waals surface area (Å²) in [6, 6.07) is 63.4. The van der Waals surface area contributed by atoms with Gasteiger partial charge in [0.25, 0.3) is 0 Å². The minimum atomic E-state index is 0.954. The molecule has 0 aliphatic heterocycles. The highest BCUT2D eigenvalue weighted by Crippen LogP contribution is 2.44. The predicted octanol–water partition coefficient (Wildman–Crippen LogP) is 12.6. The van der Waals surface area contributed by atoms with Crippen LogP contribution in [-0.4, -0.2) is 9.55 Å². The topological polar surface area (TPSA) is 17.8 Å². The van der Waals surface area contributed by atoms with Gasteiger partial charge in [0.05, 0.1) is 16.7 Å². The Morgan fingerprint density at radius 2 is 0.878 bits per heavy atom. The molecule has 2 heterocycles. The summed E-state index contributed by atoms with van der Waals surface area (Å²) < 4.78 is 2.39. The lowest BCUT2D eigenvalue weighted by Crippen LogP contribution is -1.94. The van der Waals surface area contributed by atoms with Crippen molar-refractivity contribution < 1.29 is 0 Å². The van der Waals surface area contributed by atoms with Crippen molar-refractivity contribution in [1.29, 1.82) is 0 Å². The van der Waals surface area contributed by atoms with Gasteiger partial charge >= 0.3 is 0 Å². The van der Waals surface area contributed by atoms with E-state index in [4.69, 9.17) is 4.98 Å². The maximum atomic E-state index is 5.12. The van der Waals surface area contributed by atoms with E-state index in [1.807, 2.05) is 0 Å². The second-order valence-electron chi connectivity index (χ2n) is 12.8. The summed E-state index contributed by atoms with van der Waals surface area (Å²) in [7, 11) is 0. The molecule has 10 rings (SSSR count). The Bertz CT molecular complexity index is 2790. The standard InChI is InChI=1S/C47H30N2/c1-3-13-31(14-4-1)46-38-19-9-11-21-40(38)47(41-22-12-10-20-39(41)46)35-24-26-43(48-30-35)34-23-25-37-42-27-32-15-7-8-16-33(32)28-45(42)49(44(37)29-34)36-17-5-2-6-18-36/h1-30H. The van der Waals surface area contributed by atoms with E-state index in [9.17, 15) is 0 Å². The molecular formula is C47H30N2. The van der Waals surface area contributed by atoms with Crippen molar-refractivity contribution in [3.8, 4) is 39.2 Å². The molecule has 0 fully saturated rings. The van der Waals surface area contributed by atoms with Crippen molar-refractivity contribution in [2.24, 2.45) is 0 Å². The lowest BCUT2D eigenvalue weighted by molar-refractivity contribution is 1.18. The maximum Gasteiger partial charge on any atom is 0.0703 e. The van der Waals surface area contributed by atoms with Gasteiger partial charge in [0.1, 0.15) is 0 Å². The van der Waals surface area contributed by atoms with Crippen LogP contribution >= 0.6 is 0 Å². The molecule has 0 saturated heterocycles. The zero-order valence-corrected chi connectivity index (χ0v) is 26.7. The highest BCUT2D eigenvalue weighted by atomic mass is 15.0. The molecule has 8 aromatic carbocycles. The zero-order chi connectivity index (χ0) is 32.3. The van der Waals surface area contributed by atoms with Gasteiger partial charge in [-0.25, -0.2) is 0 Å². The molecule has 10 aromatic rings. The Labute approximate surface area is 284 Å². The first kappa shape index (κ1) is 27.6. The molecule has 2 aromatic heterocycles. The molecule has 0 atom stereocenters. The van der Waals surface area contributed by atoms with Crippen LogP contribution in [0.25, 0.3) is 93.3 Å². The van der Waals surface area contributed by atoms with E-state index in [1.165, 1.54) is 70.8 Å². The smallest absolute Gasteiger partial charge is 0.0703 e. The lowest BCUT2D eigenvalue weighted by Gasteiger charge is -2.17. The third kappa shape index (κ3) is 4.38. The van der Waals surface area contributed by atoms with Crippen molar-refractivity contribution in [3.05, 3.63) is 182 Å². The van der Waals surface area contributed by atoms with Gasteiger partial charge in [0, 0.05) is 33.8 Å². The molecule has 0 radical (unpaired) electrons. The van der Waals surface area contributed by atoms with Gasteiger partial charge in [-0.05, 0) is 85.4 Å². The number of hydrogen-bond donors (Lipinski definition) is 0. The monoisotopic (exact) mass is 622 g/mol. The number of nitrogens with zero attached hydrogens (tertiary/aromatic N) is 2. The molecule has 0 aliphatic rings. The van der Waals surface area contributed by atoms with Gasteiger partial charge in [-0.15, -0.1) is 0 Å². The summed E-state index contributed by atoms with van der Waals surface area (Å²) in [6.07, 6.45) is 2.05. The van der Waals surface area contributed by atoms with Crippen LogP contribution in [0.5, 0.6) is 0 Å². The molecule has 0 saturated carbocycles. The van der Waals surface area contributed by atoms with Crippen LogP contribution in [0.3, 0.4) is 0 Å². The van der Waals surface area contributed by atoms with Crippen molar-refractivity contribution in [1.82, 2.24) is 9.55 Å². The van der Waals surface area contributed by atoms with E-state index in [-0.39, 0.29) is 0 Å². The molecule has 0 bridgehead atoms. The van der Waals surface area contributed by atoms with E-state index >= 15 is 0 Å². The summed E-state index contributed by atoms with van der Waals surface area (Å²) in [5.41, 5.74) is 10.4. The van der Waals surface area contributed by atoms with Gasteiger partial charge in [-0.1, -0.05) is 140 Å². The zero-order valence-electron chi connectivity index (χ0n) is 26.7. The summed E-state index contributed by atoms with van der Waals surface area (Å²) >= 11 is 0. The minimum absolute atomic E-state index is 0.954. The molecule has 0 aliphatic carbocycles. The Morgan fingerprint density at radius 3 is 1.51 bits per heavy atom. The third-order valence-electron chi connectivity index (χ3n) is 9.99. The summed E-state index contributed by atoms with van der Waals surface area (Å²) in [5.74, 6) is 0. The Balaban J connectivity index is 1.15. The van der Waals surface area contributed by atoms with Crippen LogP contribution in [0.2, 0.25) is 0 Å². The van der Waals surface area contributed by atoms with E-state index in [1.54, 1.807) is 0 Å². The fourth-order valence-corrected chi connectivity index (χ4v) is 7.79. The first-order valence-corrected chi connectivity index (χ1v) is 16.8. The van der Waals surface area contributed by atoms with Crippen LogP contribution in [0, 0.1) is 0 Å². The lowest BCUT2D eigenvalue weighted by atomic mass is 9.86. The fraction of sp³-hybridized carbons (Fsp3) is 0.